The zero-order chi connectivity index (χ0) is 22.7. The van der Waals surface area contributed by atoms with Crippen LogP contribution in [0.15, 0.2) is 73.1 Å². The summed E-state index contributed by atoms with van der Waals surface area (Å²) in [5.74, 6) is -0.670. The Morgan fingerprint density at radius 1 is 1.25 bits per heavy atom. The van der Waals surface area contributed by atoms with E-state index in [9.17, 15) is 14.9 Å². The number of aromatic nitrogens is 2. The van der Waals surface area contributed by atoms with Crippen LogP contribution in [-0.2, 0) is 4.79 Å². The van der Waals surface area contributed by atoms with Gasteiger partial charge >= 0.3 is 0 Å². The third-order valence-corrected chi connectivity index (χ3v) is 5.65. The quantitative estimate of drug-likeness (QED) is 0.652. The minimum atomic E-state index is -0.555. The van der Waals surface area contributed by atoms with Crippen molar-refractivity contribution in [2.45, 2.75) is 12.5 Å². The number of pyridine rings is 1. The molecule has 0 radical (unpaired) electrons. The molecule has 2 atom stereocenters. The molecule has 8 heteroatoms. The fourth-order valence-corrected chi connectivity index (χ4v) is 3.90. The van der Waals surface area contributed by atoms with Gasteiger partial charge < -0.3 is 15.1 Å². The summed E-state index contributed by atoms with van der Waals surface area (Å²) in [6, 6.07) is 18.5. The maximum absolute atomic E-state index is 13.0. The molecule has 8 nitrogen and oxygen atoms in total. The molecule has 1 aromatic carbocycles. The Labute approximate surface area is 186 Å². The van der Waals surface area contributed by atoms with Gasteiger partial charge in [-0.1, -0.05) is 30.8 Å². The van der Waals surface area contributed by atoms with E-state index in [2.05, 4.69) is 23.1 Å². The highest BCUT2D eigenvalue weighted by atomic mass is 16.2. The fourth-order valence-electron chi connectivity index (χ4n) is 3.90. The number of likely N-dealkylation sites (N-methyl/N-ethyl adjacent to an activating group) is 1. The highest BCUT2D eigenvalue weighted by Gasteiger charge is 2.37. The molecular weight excluding hydrogens is 404 g/mol. The molecule has 1 fully saturated rings. The third-order valence-electron chi connectivity index (χ3n) is 5.65. The zero-order valence-corrected chi connectivity index (χ0v) is 17.8. The summed E-state index contributed by atoms with van der Waals surface area (Å²) in [6.45, 7) is 4.36. The van der Waals surface area contributed by atoms with Crippen LogP contribution in [-0.4, -0.2) is 57.4 Å². The van der Waals surface area contributed by atoms with E-state index < -0.39 is 6.04 Å². The second-order valence-corrected chi connectivity index (χ2v) is 7.90. The Hall–Kier alpha value is -4.12. The lowest BCUT2D eigenvalue weighted by atomic mass is 10.0. The number of rotatable bonds is 6. The summed E-state index contributed by atoms with van der Waals surface area (Å²) < 4.78 is 1.62. The number of amides is 2. The monoisotopic (exact) mass is 428 g/mol. The molecule has 2 unspecified atom stereocenters. The molecule has 1 aliphatic rings. The Morgan fingerprint density at radius 3 is 2.72 bits per heavy atom. The molecule has 2 amide bonds. The third kappa shape index (κ3) is 4.32. The van der Waals surface area contributed by atoms with Crippen LogP contribution < -0.4 is 5.32 Å². The highest BCUT2D eigenvalue weighted by molar-refractivity contribution is 5.95. The number of likely N-dealkylation sites (tertiary alicyclic amines) is 1. The number of hydrogen-bond acceptors (Lipinski definition) is 5. The second kappa shape index (κ2) is 8.94. The van der Waals surface area contributed by atoms with E-state index in [0.717, 1.165) is 16.9 Å². The van der Waals surface area contributed by atoms with E-state index in [0.29, 0.717) is 13.0 Å². The molecule has 162 valence electrons. The standard InChI is InChI=1S/C24H24N6O2/c1-17(26-19-8-4-3-5-9-19)18-12-21(14-25)29(15-18)23(31)16-28(2)24(32)22-13-20-10-6-7-11-30(20)27-22/h3-11,13,18,21,26H,1,12,15-16H2,2H3. The first-order valence-corrected chi connectivity index (χ1v) is 10.4. The Balaban J connectivity index is 1.39. The largest absolute Gasteiger partial charge is 0.359 e. The minimum absolute atomic E-state index is 0.0525. The van der Waals surface area contributed by atoms with Crippen LogP contribution in [0.2, 0.25) is 0 Å². The van der Waals surface area contributed by atoms with Gasteiger partial charge in [0.15, 0.2) is 5.69 Å². The van der Waals surface area contributed by atoms with Crippen LogP contribution in [0, 0.1) is 17.2 Å². The van der Waals surface area contributed by atoms with Crippen molar-refractivity contribution in [3.63, 3.8) is 0 Å². The number of benzene rings is 1. The number of para-hydroxylation sites is 1. The normalized spacial score (nSPS) is 17.7. The molecule has 2 aromatic heterocycles. The van der Waals surface area contributed by atoms with E-state index in [4.69, 9.17) is 0 Å². The number of carbonyl (C=O) groups is 2. The number of fused-ring (bicyclic) bond motifs is 1. The number of nitrogens with one attached hydrogen (secondary N) is 1. The topological polar surface area (TPSA) is 93.7 Å². The molecular formula is C24H24N6O2. The Morgan fingerprint density at radius 2 is 2.00 bits per heavy atom. The predicted molar refractivity (Wildman–Crippen MR) is 121 cm³/mol. The van der Waals surface area contributed by atoms with Crippen LogP contribution in [0.25, 0.3) is 5.52 Å². The van der Waals surface area contributed by atoms with E-state index in [1.54, 1.807) is 23.8 Å². The van der Waals surface area contributed by atoms with Gasteiger partial charge in [-0.25, -0.2) is 4.52 Å². The van der Waals surface area contributed by atoms with E-state index in [-0.39, 0.29) is 30.0 Å². The molecule has 0 spiro atoms. The Bertz CT molecular complexity index is 1160. The lowest BCUT2D eigenvalue weighted by Crippen LogP contribution is -2.43. The fraction of sp³-hybridized carbons (Fsp3) is 0.250. The van der Waals surface area contributed by atoms with Crippen LogP contribution in [0.1, 0.15) is 16.9 Å². The second-order valence-electron chi connectivity index (χ2n) is 7.90. The summed E-state index contributed by atoms with van der Waals surface area (Å²) >= 11 is 0. The van der Waals surface area contributed by atoms with Gasteiger partial charge in [0.25, 0.3) is 5.91 Å². The van der Waals surface area contributed by atoms with Crippen molar-refractivity contribution >= 4 is 23.0 Å². The lowest BCUT2D eigenvalue weighted by molar-refractivity contribution is -0.131. The van der Waals surface area contributed by atoms with Crippen LogP contribution in [0.4, 0.5) is 5.69 Å². The summed E-state index contributed by atoms with van der Waals surface area (Å²) in [4.78, 5) is 28.6. The highest BCUT2D eigenvalue weighted by Crippen LogP contribution is 2.29. The first-order chi connectivity index (χ1) is 15.5. The first-order valence-electron chi connectivity index (χ1n) is 10.4. The Kier molecular flexibility index (Phi) is 5.90. The van der Waals surface area contributed by atoms with Crippen LogP contribution >= 0.6 is 0 Å². The lowest BCUT2D eigenvalue weighted by Gasteiger charge is -2.23. The molecule has 3 heterocycles. The van der Waals surface area contributed by atoms with Gasteiger partial charge in [0.05, 0.1) is 18.1 Å². The van der Waals surface area contributed by atoms with Gasteiger partial charge in [0.1, 0.15) is 6.04 Å². The average molecular weight is 428 g/mol. The minimum Gasteiger partial charge on any atom is -0.359 e. The van der Waals surface area contributed by atoms with Gasteiger partial charge in [0, 0.05) is 37.1 Å². The van der Waals surface area contributed by atoms with Crippen molar-refractivity contribution < 1.29 is 9.59 Å². The molecule has 32 heavy (non-hydrogen) atoms. The van der Waals surface area contributed by atoms with Gasteiger partial charge in [-0.3, -0.25) is 9.59 Å². The molecule has 1 saturated heterocycles. The maximum Gasteiger partial charge on any atom is 0.274 e. The first kappa shape index (κ1) is 21.1. The molecule has 3 aromatic rings. The van der Waals surface area contributed by atoms with Crippen LogP contribution in [0.5, 0.6) is 0 Å². The molecule has 1 N–H and O–H groups in total. The van der Waals surface area contributed by atoms with Crippen molar-refractivity contribution in [1.82, 2.24) is 19.4 Å². The molecule has 0 bridgehead atoms. The number of anilines is 1. The van der Waals surface area contributed by atoms with Gasteiger partial charge in [-0.15, -0.1) is 0 Å². The molecule has 4 rings (SSSR count). The smallest absolute Gasteiger partial charge is 0.274 e. The van der Waals surface area contributed by atoms with E-state index in [1.807, 2.05) is 48.5 Å². The molecule has 0 aliphatic carbocycles. The summed E-state index contributed by atoms with van der Waals surface area (Å²) in [5, 5.41) is 17.1. The summed E-state index contributed by atoms with van der Waals surface area (Å²) in [7, 11) is 1.56. The van der Waals surface area contributed by atoms with Crippen molar-refractivity contribution in [2.24, 2.45) is 5.92 Å². The maximum atomic E-state index is 13.0. The number of carbonyl (C=O) groups excluding carboxylic acids is 2. The van der Waals surface area contributed by atoms with E-state index in [1.165, 1.54) is 9.80 Å². The summed E-state index contributed by atoms with van der Waals surface area (Å²) in [5.41, 5.74) is 2.74. The number of nitrogens with zero attached hydrogens (tertiary/aromatic N) is 5. The van der Waals surface area contributed by atoms with Gasteiger partial charge in [-0.2, -0.15) is 10.4 Å². The number of hydrogen-bond donors (Lipinski definition) is 1. The molecule has 0 saturated carbocycles. The van der Waals surface area contributed by atoms with E-state index >= 15 is 0 Å². The SMILES string of the molecule is C=C(Nc1ccccc1)C1CC(C#N)N(C(=O)CN(C)C(=O)c2cc3ccccn3n2)C1. The van der Waals surface area contributed by atoms with Crippen molar-refractivity contribution in [1.29, 1.82) is 5.26 Å². The van der Waals surface area contributed by atoms with Gasteiger partial charge in [0.2, 0.25) is 5.91 Å². The zero-order valence-electron chi connectivity index (χ0n) is 17.8. The number of nitriles is 1. The summed E-state index contributed by atoms with van der Waals surface area (Å²) in [6.07, 6.45) is 2.26. The van der Waals surface area contributed by atoms with Crippen molar-refractivity contribution in [2.75, 3.05) is 25.5 Å². The molecule has 1 aliphatic heterocycles. The van der Waals surface area contributed by atoms with Crippen LogP contribution in [0.3, 0.4) is 0 Å². The van der Waals surface area contributed by atoms with Crippen molar-refractivity contribution in [3.05, 3.63) is 78.8 Å². The van der Waals surface area contributed by atoms with Gasteiger partial charge in [-0.05, 0) is 36.8 Å². The predicted octanol–water partition coefficient (Wildman–Crippen LogP) is 2.77. The average Bonchev–Trinajstić information content (AvgIpc) is 3.43. The van der Waals surface area contributed by atoms with Crippen molar-refractivity contribution in [3.8, 4) is 6.07 Å².